The molecule has 0 saturated heterocycles. The first-order chi connectivity index (χ1) is 17.0. The van der Waals surface area contributed by atoms with Gasteiger partial charge in [0, 0.05) is 23.5 Å². The summed E-state index contributed by atoms with van der Waals surface area (Å²) in [7, 11) is 1.60. The molecule has 0 fully saturated rings. The number of rotatable bonds is 8. The van der Waals surface area contributed by atoms with Crippen LogP contribution in [0.25, 0.3) is 15.3 Å². The maximum Gasteiger partial charge on any atom is 0.226 e. The topological polar surface area (TPSA) is 87.5 Å². The van der Waals surface area contributed by atoms with E-state index in [4.69, 9.17) is 24.3 Å². The fourth-order valence-corrected chi connectivity index (χ4v) is 5.41. The molecule has 0 spiro atoms. The molecule has 0 saturated carbocycles. The maximum absolute atomic E-state index is 12.9. The highest BCUT2D eigenvalue weighted by Crippen LogP contribution is 2.46. The van der Waals surface area contributed by atoms with Crippen LogP contribution < -0.4 is 19.5 Å². The van der Waals surface area contributed by atoms with Gasteiger partial charge in [-0.25, -0.2) is 4.98 Å². The third-order valence-electron chi connectivity index (χ3n) is 5.89. The minimum Gasteiger partial charge on any atom is -0.494 e. The molecule has 0 unspecified atom stereocenters. The number of carbonyl (C=O) groups is 1. The molecule has 1 aliphatic heterocycles. The number of anilines is 1. The predicted molar refractivity (Wildman–Crippen MR) is 136 cm³/mol. The van der Waals surface area contributed by atoms with Crippen LogP contribution in [0, 0.1) is 6.92 Å². The molecule has 1 amide bonds. The van der Waals surface area contributed by atoms with Gasteiger partial charge in [0.2, 0.25) is 11.0 Å². The predicted octanol–water partition coefficient (Wildman–Crippen LogP) is 5.24. The van der Waals surface area contributed by atoms with Gasteiger partial charge in [-0.05, 0) is 38.1 Å². The summed E-state index contributed by atoms with van der Waals surface area (Å²) in [6.07, 6.45) is 1.96. The Morgan fingerprint density at radius 2 is 2.14 bits per heavy atom. The van der Waals surface area contributed by atoms with Crippen LogP contribution in [0.15, 0.2) is 49.1 Å². The van der Waals surface area contributed by atoms with Gasteiger partial charge in [-0.1, -0.05) is 36.1 Å². The monoisotopic (exact) mass is 490 g/mol. The van der Waals surface area contributed by atoms with Crippen LogP contribution in [-0.4, -0.2) is 41.0 Å². The van der Waals surface area contributed by atoms with E-state index in [0.717, 1.165) is 32.8 Å². The minimum absolute atomic E-state index is 0.0964. The lowest BCUT2D eigenvalue weighted by atomic mass is 9.85. The number of fused-ring (bicyclic) bond motifs is 2. The Hall–Kier alpha value is -3.85. The summed E-state index contributed by atoms with van der Waals surface area (Å²) in [6, 6.07) is 11.5. The number of aryl methyl sites for hydroxylation is 1. The highest BCUT2D eigenvalue weighted by Gasteiger charge is 2.35. The lowest BCUT2D eigenvalue weighted by Crippen LogP contribution is -2.25. The number of methoxy groups -OCH3 is 1. The number of benzene rings is 2. The van der Waals surface area contributed by atoms with Crippen LogP contribution in [0.1, 0.15) is 36.1 Å². The van der Waals surface area contributed by atoms with Crippen molar-refractivity contribution in [3.8, 4) is 22.4 Å². The molecule has 1 N–H and O–H groups in total. The zero-order valence-corrected chi connectivity index (χ0v) is 20.6. The molecular formula is C26H26N4O4S. The summed E-state index contributed by atoms with van der Waals surface area (Å²) in [5.41, 5.74) is 3.48. The molecule has 4 aromatic rings. The van der Waals surface area contributed by atoms with Crippen molar-refractivity contribution in [1.82, 2.24) is 14.8 Å². The second-order valence-corrected chi connectivity index (χ2v) is 9.11. The Labute approximate surface area is 207 Å². The van der Waals surface area contributed by atoms with Crippen LogP contribution in [0.3, 0.4) is 0 Å². The van der Waals surface area contributed by atoms with Crippen molar-refractivity contribution in [2.45, 2.75) is 26.2 Å². The average molecular weight is 491 g/mol. The highest BCUT2D eigenvalue weighted by molar-refractivity contribution is 7.20. The number of carbonyl (C=O) groups excluding carboxylic acids is 1. The first-order valence-corrected chi connectivity index (χ1v) is 12.2. The normalized spacial score (nSPS) is 14.9. The van der Waals surface area contributed by atoms with Gasteiger partial charge in [0.05, 0.1) is 29.6 Å². The number of amides is 1. The Morgan fingerprint density at radius 3 is 2.91 bits per heavy atom. The van der Waals surface area contributed by atoms with E-state index in [0.29, 0.717) is 35.7 Å². The van der Waals surface area contributed by atoms with Crippen molar-refractivity contribution in [2.24, 2.45) is 0 Å². The van der Waals surface area contributed by atoms with Crippen LogP contribution in [0.4, 0.5) is 5.82 Å². The molecule has 5 rings (SSSR count). The molecule has 8 nitrogen and oxygen atoms in total. The van der Waals surface area contributed by atoms with E-state index in [1.807, 2.05) is 50.2 Å². The van der Waals surface area contributed by atoms with E-state index in [1.54, 1.807) is 17.9 Å². The zero-order chi connectivity index (χ0) is 24.5. The van der Waals surface area contributed by atoms with Crippen LogP contribution in [0.5, 0.6) is 17.2 Å². The number of nitrogens with zero attached hydrogens (tertiary/aromatic N) is 3. The first-order valence-electron chi connectivity index (χ1n) is 11.4. The largest absolute Gasteiger partial charge is 0.494 e. The molecule has 3 heterocycles. The third kappa shape index (κ3) is 4.12. The van der Waals surface area contributed by atoms with Crippen LogP contribution in [0.2, 0.25) is 0 Å². The standard InChI is InChI=1S/C26H26N4O4S/c1-5-12-34-24-17(8-7-9-20(24)32-4)18-14-22(31)28-25-23(18)15(3)29-30(25)26-27-19-11-10-16(33-6-2)13-21(19)35-26/h5,7-11,13,18H,1,6,12,14H2,2-4H3,(H,28,31)/t18-/m1/s1. The number of thiazole rings is 1. The molecule has 0 bridgehead atoms. The molecule has 2 aromatic carbocycles. The second-order valence-electron chi connectivity index (χ2n) is 8.10. The van der Waals surface area contributed by atoms with E-state index < -0.39 is 0 Å². The van der Waals surface area contributed by atoms with E-state index >= 15 is 0 Å². The Morgan fingerprint density at radius 1 is 1.29 bits per heavy atom. The molecule has 9 heteroatoms. The SMILES string of the molecule is C=CCOc1c(OC)cccc1[C@H]1CC(=O)Nc2c1c(C)nn2-c1nc2ccc(OCC)cc2s1. The van der Waals surface area contributed by atoms with Gasteiger partial charge in [0.1, 0.15) is 18.2 Å². The summed E-state index contributed by atoms with van der Waals surface area (Å²) in [4.78, 5) is 17.7. The summed E-state index contributed by atoms with van der Waals surface area (Å²) < 4.78 is 19.9. The Kier molecular flexibility index (Phi) is 6.17. The van der Waals surface area contributed by atoms with Gasteiger partial charge < -0.3 is 19.5 Å². The first kappa shape index (κ1) is 22.9. The molecule has 0 radical (unpaired) electrons. The van der Waals surface area contributed by atoms with Crippen molar-refractivity contribution in [3.05, 3.63) is 65.9 Å². The lowest BCUT2D eigenvalue weighted by Gasteiger charge is -2.26. The summed E-state index contributed by atoms with van der Waals surface area (Å²) >= 11 is 1.50. The molecule has 1 atom stereocenters. The van der Waals surface area contributed by atoms with Crippen molar-refractivity contribution in [1.29, 1.82) is 0 Å². The van der Waals surface area contributed by atoms with Crippen molar-refractivity contribution < 1.29 is 19.0 Å². The molecular weight excluding hydrogens is 464 g/mol. The Bertz CT molecular complexity index is 1420. The molecule has 2 aromatic heterocycles. The van der Waals surface area contributed by atoms with Gasteiger partial charge in [-0.3, -0.25) is 4.79 Å². The van der Waals surface area contributed by atoms with Gasteiger partial charge in [-0.2, -0.15) is 9.78 Å². The van der Waals surface area contributed by atoms with Gasteiger partial charge >= 0.3 is 0 Å². The van der Waals surface area contributed by atoms with Crippen molar-refractivity contribution >= 4 is 33.3 Å². The summed E-state index contributed by atoms with van der Waals surface area (Å²) in [6.45, 7) is 8.58. The molecule has 180 valence electrons. The number of para-hydroxylation sites is 1. The number of nitrogens with one attached hydrogen (secondary N) is 1. The van der Waals surface area contributed by atoms with Crippen LogP contribution >= 0.6 is 11.3 Å². The second kappa shape index (κ2) is 9.42. The fourth-order valence-electron chi connectivity index (χ4n) is 4.46. The van der Waals surface area contributed by atoms with E-state index in [1.165, 1.54) is 11.3 Å². The van der Waals surface area contributed by atoms with E-state index in [-0.39, 0.29) is 18.2 Å². The van der Waals surface area contributed by atoms with Crippen molar-refractivity contribution in [2.75, 3.05) is 25.6 Å². The third-order valence-corrected chi connectivity index (χ3v) is 6.89. The number of ether oxygens (including phenoxy) is 3. The number of hydrogen-bond donors (Lipinski definition) is 1. The number of aromatic nitrogens is 3. The van der Waals surface area contributed by atoms with Gasteiger partial charge in [-0.15, -0.1) is 0 Å². The number of hydrogen-bond acceptors (Lipinski definition) is 7. The quantitative estimate of drug-likeness (QED) is 0.340. The zero-order valence-electron chi connectivity index (χ0n) is 19.8. The summed E-state index contributed by atoms with van der Waals surface area (Å²) in [5, 5.41) is 8.50. The molecule has 35 heavy (non-hydrogen) atoms. The van der Waals surface area contributed by atoms with E-state index in [2.05, 4.69) is 11.9 Å². The Balaban J connectivity index is 1.62. The average Bonchev–Trinajstić information content (AvgIpc) is 3.42. The molecule has 1 aliphatic rings. The highest BCUT2D eigenvalue weighted by atomic mass is 32.1. The van der Waals surface area contributed by atoms with E-state index in [9.17, 15) is 4.79 Å². The fraction of sp³-hybridized carbons (Fsp3) is 0.269. The lowest BCUT2D eigenvalue weighted by molar-refractivity contribution is -0.116. The van der Waals surface area contributed by atoms with Gasteiger partial charge in [0.15, 0.2) is 11.5 Å². The van der Waals surface area contributed by atoms with Crippen LogP contribution in [-0.2, 0) is 4.79 Å². The van der Waals surface area contributed by atoms with Gasteiger partial charge in [0.25, 0.3) is 0 Å². The maximum atomic E-state index is 12.9. The van der Waals surface area contributed by atoms with Crippen molar-refractivity contribution in [3.63, 3.8) is 0 Å². The summed E-state index contributed by atoms with van der Waals surface area (Å²) in [5.74, 6) is 2.30. The minimum atomic E-state index is -0.249. The molecule has 0 aliphatic carbocycles. The smallest absolute Gasteiger partial charge is 0.226 e.